The van der Waals surface area contributed by atoms with Gasteiger partial charge in [0, 0.05) is 12.1 Å². The molecule has 1 aromatic carbocycles. The maximum atomic E-state index is 12.0. The Labute approximate surface area is 148 Å². The van der Waals surface area contributed by atoms with Crippen LogP contribution < -0.4 is 16.1 Å². The van der Waals surface area contributed by atoms with Crippen molar-refractivity contribution < 1.29 is 29.6 Å². The van der Waals surface area contributed by atoms with Gasteiger partial charge in [0.25, 0.3) is 5.69 Å². The molecule has 0 saturated carbocycles. The summed E-state index contributed by atoms with van der Waals surface area (Å²) in [5.41, 5.74) is 1.80. The first-order chi connectivity index (χ1) is 12.1. The summed E-state index contributed by atoms with van der Waals surface area (Å²) < 4.78 is 0. The number of nitrogens with one attached hydrogen (secondary N) is 3. The van der Waals surface area contributed by atoms with Crippen molar-refractivity contribution in [2.45, 2.75) is 38.5 Å². The molecule has 0 aliphatic rings. The van der Waals surface area contributed by atoms with Gasteiger partial charge in [-0.05, 0) is 19.4 Å². The van der Waals surface area contributed by atoms with Gasteiger partial charge in [-0.1, -0.05) is 12.1 Å². The van der Waals surface area contributed by atoms with Crippen LogP contribution >= 0.6 is 0 Å². The summed E-state index contributed by atoms with van der Waals surface area (Å²) in [7, 11) is 0. The van der Waals surface area contributed by atoms with Crippen LogP contribution in [0.5, 0.6) is 0 Å². The van der Waals surface area contributed by atoms with E-state index >= 15 is 0 Å². The lowest BCUT2D eigenvalue weighted by atomic mass is 10.1. The normalized spacial score (nSPS) is 14.0. The number of aliphatic hydroxyl groups excluding tert-OH is 1. The number of hydrogen-bond acceptors (Lipinski definition) is 8. The molecule has 3 amide bonds. The van der Waals surface area contributed by atoms with Gasteiger partial charge < -0.3 is 15.6 Å². The van der Waals surface area contributed by atoms with Crippen molar-refractivity contribution in [2.24, 2.45) is 0 Å². The zero-order chi connectivity index (χ0) is 19.9. The van der Waals surface area contributed by atoms with Crippen LogP contribution in [0.4, 0.5) is 5.69 Å². The maximum absolute atomic E-state index is 12.0. The molecule has 11 heteroatoms. The van der Waals surface area contributed by atoms with Crippen LogP contribution in [-0.4, -0.2) is 51.1 Å². The number of hydroxylamine groups is 1. The molecule has 0 aliphatic heterocycles. The van der Waals surface area contributed by atoms with E-state index < -0.39 is 40.8 Å². The molecule has 11 nitrogen and oxygen atoms in total. The minimum Gasteiger partial charge on any atom is -0.391 e. The Morgan fingerprint density at radius 2 is 1.88 bits per heavy atom. The molecule has 0 spiro atoms. The van der Waals surface area contributed by atoms with Crippen molar-refractivity contribution in [3.05, 3.63) is 39.9 Å². The molecular weight excluding hydrogens is 348 g/mol. The number of nitro groups is 1. The standard InChI is InChI=1S/C15H20N4O7/c1-8(14(22)17-15(23)13(18-24)9(2)20)16-12(21)7-10-4-3-5-11(6-10)19(25)26/h3-6,8-9,13,18,20,24H,7H2,1-2H3,(H,16,21)(H,17,22,23)/t8-,9+,13-/m0/s1. The highest BCUT2D eigenvalue weighted by Crippen LogP contribution is 2.13. The number of nitro benzene ring substituents is 1. The first kappa shape index (κ1) is 21.2. The highest BCUT2D eigenvalue weighted by molar-refractivity contribution is 6.01. The summed E-state index contributed by atoms with van der Waals surface area (Å²) in [5, 5.41) is 33.1. The number of hydrogen-bond donors (Lipinski definition) is 5. The quantitative estimate of drug-likeness (QED) is 0.287. The fourth-order valence-electron chi connectivity index (χ4n) is 2.02. The summed E-state index contributed by atoms with van der Waals surface area (Å²) in [4.78, 5) is 45.7. The molecule has 0 radical (unpaired) electrons. The third-order valence-electron chi connectivity index (χ3n) is 3.41. The molecule has 142 valence electrons. The van der Waals surface area contributed by atoms with E-state index in [0.717, 1.165) is 0 Å². The molecule has 0 bridgehead atoms. The monoisotopic (exact) mass is 368 g/mol. The average molecular weight is 368 g/mol. The van der Waals surface area contributed by atoms with Gasteiger partial charge in [-0.15, -0.1) is 0 Å². The van der Waals surface area contributed by atoms with E-state index in [1.165, 1.54) is 38.1 Å². The first-order valence-corrected chi connectivity index (χ1v) is 7.60. The summed E-state index contributed by atoms with van der Waals surface area (Å²) in [5.74, 6) is -2.39. The van der Waals surface area contributed by atoms with Gasteiger partial charge >= 0.3 is 0 Å². The number of amides is 3. The highest BCUT2D eigenvalue weighted by atomic mass is 16.6. The van der Waals surface area contributed by atoms with Crippen molar-refractivity contribution >= 4 is 23.4 Å². The van der Waals surface area contributed by atoms with Gasteiger partial charge in [-0.2, -0.15) is 5.48 Å². The molecule has 0 aliphatic carbocycles. The fraction of sp³-hybridized carbons (Fsp3) is 0.400. The molecule has 5 N–H and O–H groups in total. The number of carbonyl (C=O) groups excluding carboxylic acids is 3. The van der Waals surface area contributed by atoms with Crippen molar-refractivity contribution in [3.63, 3.8) is 0 Å². The number of non-ortho nitro benzene ring substituents is 1. The summed E-state index contributed by atoms with van der Waals surface area (Å²) in [6.45, 7) is 2.57. The molecule has 0 unspecified atom stereocenters. The van der Waals surface area contributed by atoms with Crippen molar-refractivity contribution in [1.29, 1.82) is 0 Å². The molecule has 0 fully saturated rings. The van der Waals surface area contributed by atoms with Gasteiger partial charge in [0.15, 0.2) is 0 Å². The Balaban J connectivity index is 2.61. The largest absolute Gasteiger partial charge is 0.391 e. The molecule has 1 aromatic rings. The van der Waals surface area contributed by atoms with Gasteiger partial charge in [0.1, 0.15) is 12.1 Å². The minimum absolute atomic E-state index is 0.160. The number of benzene rings is 1. The topological polar surface area (TPSA) is 171 Å². The molecule has 0 aromatic heterocycles. The second-order valence-corrected chi connectivity index (χ2v) is 5.59. The Hall–Kier alpha value is -2.89. The number of nitrogens with zero attached hydrogens (tertiary/aromatic N) is 1. The van der Waals surface area contributed by atoms with Gasteiger partial charge in [0.05, 0.1) is 17.4 Å². The highest BCUT2D eigenvalue weighted by Gasteiger charge is 2.26. The molecule has 1 rings (SSSR count). The van der Waals surface area contributed by atoms with Gasteiger partial charge in [-0.3, -0.25) is 29.8 Å². The van der Waals surface area contributed by atoms with E-state index in [4.69, 9.17) is 5.21 Å². The second-order valence-electron chi connectivity index (χ2n) is 5.59. The van der Waals surface area contributed by atoms with Crippen LogP contribution in [-0.2, 0) is 20.8 Å². The Morgan fingerprint density at radius 1 is 1.23 bits per heavy atom. The van der Waals surface area contributed by atoms with E-state index in [1.807, 2.05) is 5.32 Å². The predicted octanol–water partition coefficient (Wildman–Crippen LogP) is -0.987. The SMILES string of the molecule is C[C@H](NC(=O)Cc1cccc([N+](=O)[O-])c1)C(=O)NC(=O)[C@@H](NO)[C@@H](C)O. The van der Waals surface area contributed by atoms with Crippen LogP contribution in [0.25, 0.3) is 0 Å². The van der Waals surface area contributed by atoms with Gasteiger partial charge in [-0.25, -0.2) is 0 Å². The average Bonchev–Trinajstić information content (AvgIpc) is 2.54. The van der Waals surface area contributed by atoms with Gasteiger partial charge in [0.2, 0.25) is 17.7 Å². The lowest BCUT2D eigenvalue weighted by molar-refractivity contribution is -0.384. The summed E-state index contributed by atoms with van der Waals surface area (Å²) in [6, 6.07) is 3.00. The predicted molar refractivity (Wildman–Crippen MR) is 87.9 cm³/mol. The Bertz CT molecular complexity index is 692. The van der Waals surface area contributed by atoms with Crippen LogP contribution in [0.2, 0.25) is 0 Å². The van der Waals surface area contributed by atoms with E-state index in [2.05, 4.69) is 5.32 Å². The first-order valence-electron chi connectivity index (χ1n) is 7.60. The number of imide groups is 1. The Kier molecular flexibility index (Phi) is 7.77. The van der Waals surface area contributed by atoms with E-state index in [-0.39, 0.29) is 12.1 Å². The zero-order valence-electron chi connectivity index (χ0n) is 14.1. The fourth-order valence-corrected chi connectivity index (χ4v) is 2.02. The minimum atomic E-state index is -1.41. The lowest BCUT2D eigenvalue weighted by Gasteiger charge is -2.19. The molecule has 0 heterocycles. The van der Waals surface area contributed by atoms with Crippen LogP contribution in [0, 0.1) is 10.1 Å². The van der Waals surface area contributed by atoms with Crippen LogP contribution in [0.15, 0.2) is 24.3 Å². The van der Waals surface area contributed by atoms with Crippen LogP contribution in [0.1, 0.15) is 19.4 Å². The Morgan fingerprint density at radius 3 is 2.42 bits per heavy atom. The number of carbonyl (C=O) groups is 3. The smallest absolute Gasteiger partial charge is 0.269 e. The lowest BCUT2D eigenvalue weighted by Crippen LogP contribution is -2.54. The second kappa shape index (κ2) is 9.56. The molecule has 26 heavy (non-hydrogen) atoms. The number of rotatable bonds is 8. The van der Waals surface area contributed by atoms with E-state index in [0.29, 0.717) is 5.56 Å². The molecule has 0 saturated heterocycles. The van der Waals surface area contributed by atoms with Crippen molar-refractivity contribution in [3.8, 4) is 0 Å². The molecule has 3 atom stereocenters. The van der Waals surface area contributed by atoms with E-state index in [1.54, 1.807) is 5.48 Å². The van der Waals surface area contributed by atoms with Crippen LogP contribution in [0.3, 0.4) is 0 Å². The maximum Gasteiger partial charge on any atom is 0.269 e. The van der Waals surface area contributed by atoms with Crippen molar-refractivity contribution in [1.82, 2.24) is 16.1 Å². The summed E-state index contributed by atoms with van der Waals surface area (Å²) in [6.07, 6.45) is -1.45. The zero-order valence-corrected chi connectivity index (χ0v) is 14.1. The third kappa shape index (κ3) is 6.20. The molecular formula is C15H20N4O7. The number of aliphatic hydroxyl groups is 1. The van der Waals surface area contributed by atoms with E-state index in [9.17, 15) is 29.6 Å². The summed E-state index contributed by atoms with van der Waals surface area (Å²) >= 11 is 0. The third-order valence-corrected chi connectivity index (χ3v) is 3.41. The van der Waals surface area contributed by atoms with Crippen molar-refractivity contribution in [2.75, 3.05) is 0 Å².